The molecule has 2 heterocycles. The molecule has 0 aliphatic heterocycles. The van der Waals surface area contributed by atoms with Crippen molar-refractivity contribution in [2.24, 2.45) is 0 Å². The molecule has 0 saturated heterocycles. The Morgan fingerprint density at radius 1 is 1.09 bits per heavy atom. The molecule has 1 aromatic carbocycles. The number of hydrogen-bond donors (Lipinski definition) is 0. The van der Waals surface area contributed by atoms with Crippen LogP contribution in [0.15, 0.2) is 48.8 Å². The van der Waals surface area contributed by atoms with E-state index in [0.717, 1.165) is 34.7 Å². The van der Waals surface area contributed by atoms with E-state index in [-0.39, 0.29) is 0 Å². The quantitative estimate of drug-likeness (QED) is 0.600. The van der Waals surface area contributed by atoms with E-state index in [9.17, 15) is 0 Å². The van der Waals surface area contributed by atoms with Crippen molar-refractivity contribution >= 4 is 22.9 Å². The lowest BCUT2D eigenvalue weighted by molar-refractivity contribution is 1.14. The van der Waals surface area contributed by atoms with Gasteiger partial charge in [-0.15, -0.1) is 22.9 Å². The van der Waals surface area contributed by atoms with Crippen molar-refractivity contribution in [3.8, 4) is 21.8 Å². The fourth-order valence-corrected chi connectivity index (χ4v) is 3.72. The Morgan fingerprint density at radius 3 is 2.55 bits per heavy atom. The van der Waals surface area contributed by atoms with Gasteiger partial charge in [-0.05, 0) is 30.5 Å². The Balaban J connectivity index is 2.03. The Labute approximate surface area is 139 Å². The average molecular weight is 329 g/mol. The SMILES string of the molecule is CCc1ccc(-c2nc(-c3cccnc3)sc2CCCl)cc1. The van der Waals surface area contributed by atoms with Crippen LogP contribution in [0.4, 0.5) is 0 Å². The first-order valence-electron chi connectivity index (χ1n) is 7.37. The maximum atomic E-state index is 5.96. The number of rotatable bonds is 5. The monoisotopic (exact) mass is 328 g/mol. The molecule has 0 N–H and O–H groups in total. The second kappa shape index (κ2) is 7.03. The summed E-state index contributed by atoms with van der Waals surface area (Å²) in [5.74, 6) is 0.606. The molecule has 4 heteroatoms. The van der Waals surface area contributed by atoms with Crippen molar-refractivity contribution in [2.75, 3.05) is 5.88 Å². The van der Waals surface area contributed by atoms with Gasteiger partial charge in [0.15, 0.2) is 0 Å². The minimum atomic E-state index is 0.606. The first-order valence-corrected chi connectivity index (χ1v) is 8.72. The molecule has 3 rings (SSSR count). The predicted molar refractivity (Wildman–Crippen MR) is 94.6 cm³/mol. The van der Waals surface area contributed by atoms with Gasteiger partial charge in [0.2, 0.25) is 0 Å². The second-order valence-corrected chi connectivity index (χ2v) is 6.48. The van der Waals surface area contributed by atoms with Gasteiger partial charge in [-0.3, -0.25) is 4.98 Å². The van der Waals surface area contributed by atoms with Crippen molar-refractivity contribution in [3.63, 3.8) is 0 Å². The van der Waals surface area contributed by atoms with Gasteiger partial charge < -0.3 is 0 Å². The molecule has 0 aliphatic carbocycles. The summed E-state index contributed by atoms with van der Waals surface area (Å²) in [6.07, 6.45) is 5.52. The van der Waals surface area contributed by atoms with Crippen molar-refractivity contribution in [1.29, 1.82) is 0 Å². The zero-order chi connectivity index (χ0) is 15.4. The first kappa shape index (κ1) is 15.2. The number of aryl methyl sites for hydroxylation is 2. The summed E-state index contributed by atoms with van der Waals surface area (Å²) in [6, 6.07) is 12.6. The van der Waals surface area contributed by atoms with Crippen LogP contribution in [0.1, 0.15) is 17.4 Å². The third kappa shape index (κ3) is 3.21. The smallest absolute Gasteiger partial charge is 0.125 e. The van der Waals surface area contributed by atoms with E-state index >= 15 is 0 Å². The molecule has 3 aromatic rings. The van der Waals surface area contributed by atoms with Crippen LogP contribution < -0.4 is 0 Å². The number of hydrogen-bond acceptors (Lipinski definition) is 3. The largest absolute Gasteiger partial charge is 0.264 e. The van der Waals surface area contributed by atoms with Crippen LogP contribution in [0.25, 0.3) is 21.8 Å². The molecule has 0 radical (unpaired) electrons. The van der Waals surface area contributed by atoms with Crippen molar-refractivity contribution < 1.29 is 0 Å². The summed E-state index contributed by atoms with van der Waals surface area (Å²) in [7, 11) is 0. The van der Waals surface area contributed by atoms with E-state index in [4.69, 9.17) is 16.6 Å². The van der Waals surface area contributed by atoms with Gasteiger partial charge in [0.1, 0.15) is 5.01 Å². The van der Waals surface area contributed by atoms with E-state index in [1.165, 1.54) is 10.4 Å². The molecule has 0 bridgehead atoms. The summed E-state index contributed by atoms with van der Waals surface area (Å²) in [6.45, 7) is 2.16. The van der Waals surface area contributed by atoms with Crippen molar-refractivity contribution in [2.45, 2.75) is 19.8 Å². The summed E-state index contributed by atoms with van der Waals surface area (Å²) < 4.78 is 0. The zero-order valence-electron chi connectivity index (χ0n) is 12.4. The Morgan fingerprint density at radius 2 is 1.91 bits per heavy atom. The highest BCUT2D eigenvalue weighted by atomic mass is 35.5. The molecule has 2 nitrogen and oxygen atoms in total. The maximum Gasteiger partial charge on any atom is 0.125 e. The molecular formula is C18H17ClN2S. The predicted octanol–water partition coefficient (Wildman–Crippen LogP) is 5.22. The molecule has 0 unspecified atom stereocenters. The Kier molecular flexibility index (Phi) is 4.86. The van der Waals surface area contributed by atoms with Gasteiger partial charge in [-0.1, -0.05) is 31.2 Å². The number of alkyl halides is 1. The van der Waals surface area contributed by atoms with Gasteiger partial charge in [0.05, 0.1) is 5.69 Å². The van der Waals surface area contributed by atoms with E-state index in [1.54, 1.807) is 17.5 Å². The lowest BCUT2D eigenvalue weighted by Gasteiger charge is -2.02. The topological polar surface area (TPSA) is 25.8 Å². The first-order chi connectivity index (χ1) is 10.8. The molecule has 2 aromatic heterocycles. The lowest BCUT2D eigenvalue weighted by Crippen LogP contribution is -1.88. The van der Waals surface area contributed by atoms with Crippen LogP contribution in [0, 0.1) is 0 Å². The highest BCUT2D eigenvalue weighted by molar-refractivity contribution is 7.15. The number of halogens is 1. The zero-order valence-corrected chi connectivity index (χ0v) is 14.0. The fraction of sp³-hybridized carbons (Fsp3) is 0.222. The molecule has 0 atom stereocenters. The second-order valence-electron chi connectivity index (χ2n) is 5.02. The van der Waals surface area contributed by atoms with Crippen LogP contribution in [-0.2, 0) is 12.8 Å². The van der Waals surface area contributed by atoms with Crippen LogP contribution >= 0.6 is 22.9 Å². The molecule has 0 spiro atoms. The number of thiazole rings is 1. The lowest BCUT2D eigenvalue weighted by atomic mass is 10.1. The highest BCUT2D eigenvalue weighted by Gasteiger charge is 2.14. The van der Waals surface area contributed by atoms with Gasteiger partial charge in [0.25, 0.3) is 0 Å². The van der Waals surface area contributed by atoms with E-state index in [0.29, 0.717) is 5.88 Å². The number of pyridine rings is 1. The van der Waals surface area contributed by atoms with Crippen molar-refractivity contribution in [3.05, 3.63) is 59.2 Å². The minimum Gasteiger partial charge on any atom is -0.264 e. The normalized spacial score (nSPS) is 10.8. The summed E-state index contributed by atoms with van der Waals surface area (Å²) >= 11 is 7.67. The minimum absolute atomic E-state index is 0.606. The van der Waals surface area contributed by atoms with Gasteiger partial charge in [-0.25, -0.2) is 4.98 Å². The highest BCUT2D eigenvalue weighted by Crippen LogP contribution is 2.34. The van der Waals surface area contributed by atoms with Crippen LogP contribution in [0.2, 0.25) is 0 Å². The molecule has 0 saturated carbocycles. The van der Waals surface area contributed by atoms with Gasteiger partial charge >= 0.3 is 0 Å². The standard InChI is InChI=1S/C18H17ClN2S/c1-2-13-5-7-14(8-6-13)17-16(9-10-19)22-18(21-17)15-4-3-11-20-12-15/h3-8,11-12H,2,9-10H2,1H3. The van der Waals surface area contributed by atoms with Gasteiger partial charge in [0, 0.05) is 34.3 Å². The third-order valence-electron chi connectivity index (χ3n) is 3.56. The van der Waals surface area contributed by atoms with E-state index < -0.39 is 0 Å². The molecule has 22 heavy (non-hydrogen) atoms. The van der Waals surface area contributed by atoms with Gasteiger partial charge in [-0.2, -0.15) is 0 Å². The number of aromatic nitrogens is 2. The molecule has 0 fully saturated rings. The summed E-state index contributed by atoms with van der Waals surface area (Å²) in [5, 5.41) is 1.00. The Bertz CT molecular complexity index is 736. The summed E-state index contributed by atoms with van der Waals surface area (Å²) in [5.41, 5.74) is 4.60. The Hall–Kier alpha value is -1.71. The molecular weight excluding hydrogens is 312 g/mol. The van der Waals surface area contributed by atoms with E-state index in [1.807, 2.05) is 18.3 Å². The number of nitrogens with zero attached hydrogens (tertiary/aromatic N) is 2. The fourth-order valence-electron chi connectivity index (χ4n) is 2.34. The summed E-state index contributed by atoms with van der Waals surface area (Å²) in [4.78, 5) is 10.3. The molecule has 0 amide bonds. The van der Waals surface area contributed by atoms with Crippen LogP contribution in [0.3, 0.4) is 0 Å². The third-order valence-corrected chi connectivity index (χ3v) is 4.92. The average Bonchev–Trinajstić information content (AvgIpc) is 3.00. The number of benzene rings is 1. The van der Waals surface area contributed by atoms with Crippen LogP contribution in [0.5, 0.6) is 0 Å². The van der Waals surface area contributed by atoms with E-state index in [2.05, 4.69) is 36.2 Å². The maximum absolute atomic E-state index is 5.96. The van der Waals surface area contributed by atoms with Crippen molar-refractivity contribution in [1.82, 2.24) is 9.97 Å². The molecule has 0 aliphatic rings. The van der Waals surface area contributed by atoms with Crippen LogP contribution in [-0.4, -0.2) is 15.8 Å². The molecule has 112 valence electrons.